The SMILES string of the molecule is C1=CNC(C2=CC3C(c4ccc(C5=CC=CC6C=CC=CC56)cc4)=c4ccccc4=C(C4=C5C=CC=C6C7C=CC=CC7C(CC4)C65)C3C=C2)C=C1. The van der Waals surface area contributed by atoms with Gasteiger partial charge in [-0.1, -0.05) is 170 Å². The summed E-state index contributed by atoms with van der Waals surface area (Å²) in [6.07, 6.45) is 51.4. The van der Waals surface area contributed by atoms with Gasteiger partial charge in [-0.3, -0.25) is 0 Å². The van der Waals surface area contributed by atoms with E-state index in [2.05, 4.69) is 182 Å². The van der Waals surface area contributed by atoms with Gasteiger partial charge in [-0.05, 0) is 92.0 Å². The molecule has 252 valence electrons. The summed E-state index contributed by atoms with van der Waals surface area (Å²) in [6, 6.07) is 19.1. The molecule has 1 nitrogen and oxygen atoms in total. The minimum Gasteiger partial charge on any atom is -0.381 e. The zero-order valence-corrected chi connectivity index (χ0v) is 29.4. The molecular formula is C51H43N. The Morgan fingerprint density at radius 3 is 2.21 bits per heavy atom. The normalized spacial score (nSPS) is 33.8. The van der Waals surface area contributed by atoms with E-state index in [1.807, 2.05) is 0 Å². The van der Waals surface area contributed by atoms with Gasteiger partial charge < -0.3 is 5.32 Å². The lowest BCUT2D eigenvalue weighted by atomic mass is 9.64. The Labute approximate surface area is 307 Å². The Hall–Kier alpha value is -5.40. The first kappa shape index (κ1) is 30.2. The summed E-state index contributed by atoms with van der Waals surface area (Å²) in [5.41, 5.74) is 13.2. The summed E-state index contributed by atoms with van der Waals surface area (Å²) in [5.74, 6) is 3.71. The summed E-state index contributed by atoms with van der Waals surface area (Å²) in [5, 5.41) is 6.43. The lowest BCUT2D eigenvalue weighted by Crippen LogP contribution is -2.42. The molecule has 9 aliphatic rings. The third kappa shape index (κ3) is 4.61. The van der Waals surface area contributed by atoms with Crippen LogP contribution in [0.3, 0.4) is 0 Å². The van der Waals surface area contributed by atoms with Crippen molar-refractivity contribution in [2.24, 2.45) is 47.3 Å². The molecule has 0 bridgehead atoms. The fraction of sp³-hybridized carbons (Fsp3) is 0.216. The number of hydrogen-bond donors (Lipinski definition) is 1. The van der Waals surface area contributed by atoms with E-state index in [9.17, 15) is 0 Å². The number of allylic oxidation sites excluding steroid dienone is 22. The Bertz CT molecular complexity index is 2420. The molecule has 1 fully saturated rings. The number of benzene rings is 2. The Morgan fingerprint density at radius 1 is 0.577 bits per heavy atom. The van der Waals surface area contributed by atoms with Gasteiger partial charge in [0.05, 0.1) is 6.04 Å². The average molecular weight is 670 g/mol. The van der Waals surface area contributed by atoms with Crippen LogP contribution in [0.2, 0.25) is 0 Å². The van der Waals surface area contributed by atoms with Gasteiger partial charge in [-0.25, -0.2) is 0 Å². The molecule has 0 radical (unpaired) electrons. The molecule has 2 aromatic carbocycles. The number of nitrogens with one attached hydrogen (secondary N) is 1. The second-order valence-electron chi connectivity index (χ2n) is 15.8. The van der Waals surface area contributed by atoms with Crippen molar-refractivity contribution in [3.8, 4) is 0 Å². The van der Waals surface area contributed by atoms with Crippen molar-refractivity contribution in [1.29, 1.82) is 0 Å². The van der Waals surface area contributed by atoms with Crippen molar-refractivity contribution in [1.82, 2.24) is 5.32 Å². The molecule has 1 N–H and O–H groups in total. The van der Waals surface area contributed by atoms with Crippen molar-refractivity contribution in [2.45, 2.75) is 18.9 Å². The lowest BCUT2D eigenvalue weighted by molar-refractivity contribution is 0.338. The van der Waals surface area contributed by atoms with Crippen molar-refractivity contribution < 1.29 is 0 Å². The van der Waals surface area contributed by atoms with E-state index in [1.54, 1.807) is 22.3 Å². The van der Waals surface area contributed by atoms with Crippen LogP contribution in [0.25, 0.3) is 16.7 Å². The van der Waals surface area contributed by atoms with Gasteiger partial charge in [-0.2, -0.15) is 0 Å². The fourth-order valence-corrected chi connectivity index (χ4v) is 11.2. The smallest absolute Gasteiger partial charge is 0.0692 e. The molecule has 1 heteroatoms. The zero-order chi connectivity index (χ0) is 34.2. The topological polar surface area (TPSA) is 12.0 Å². The summed E-state index contributed by atoms with van der Waals surface area (Å²) in [7, 11) is 0. The summed E-state index contributed by atoms with van der Waals surface area (Å²) < 4.78 is 0. The van der Waals surface area contributed by atoms with Gasteiger partial charge in [0.25, 0.3) is 0 Å². The number of fused-ring (bicyclic) bond motifs is 6. The summed E-state index contributed by atoms with van der Waals surface area (Å²) >= 11 is 0. The highest BCUT2D eigenvalue weighted by atomic mass is 14.9. The van der Waals surface area contributed by atoms with Crippen LogP contribution < -0.4 is 15.8 Å². The quantitative estimate of drug-likeness (QED) is 0.342. The van der Waals surface area contributed by atoms with Gasteiger partial charge in [-0.15, -0.1) is 0 Å². The summed E-state index contributed by atoms with van der Waals surface area (Å²) in [6.45, 7) is 0. The number of hydrogen-bond acceptors (Lipinski definition) is 1. The third-order valence-electron chi connectivity index (χ3n) is 13.4. The Kier molecular flexibility index (Phi) is 7.04. The Balaban J connectivity index is 1.09. The molecule has 1 heterocycles. The minimum atomic E-state index is 0.178. The van der Waals surface area contributed by atoms with Crippen LogP contribution in [0.4, 0.5) is 0 Å². The molecule has 9 unspecified atom stereocenters. The van der Waals surface area contributed by atoms with Crippen molar-refractivity contribution in [2.75, 3.05) is 0 Å². The molecular weight excluding hydrogens is 627 g/mol. The molecule has 1 aliphatic heterocycles. The van der Waals surface area contributed by atoms with Crippen LogP contribution in [0, 0.1) is 47.3 Å². The molecule has 0 aromatic heterocycles. The molecule has 8 aliphatic carbocycles. The van der Waals surface area contributed by atoms with E-state index >= 15 is 0 Å². The first-order valence-electron chi connectivity index (χ1n) is 19.5. The minimum absolute atomic E-state index is 0.178. The summed E-state index contributed by atoms with van der Waals surface area (Å²) in [4.78, 5) is 0. The van der Waals surface area contributed by atoms with E-state index in [0.29, 0.717) is 35.5 Å². The number of dihydropyridines is 1. The number of rotatable bonds is 4. The monoisotopic (exact) mass is 669 g/mol. The van der Waals surface area contributed by atoms with E-state index in [-0.39, 0.29) is 17.9 Å². The van der Waals surface area contributed by atoms with Gasteiger partial charge in [0.1, 0.15) is 0 Å². The van der Waals surface area contributed by atoms with Crippen molar-refractivity contribution in [3.05, 3.63) is 220 Å². The van der Waals surface area contributed by atoms with Crippen LogP contribution in [-0.4, -0.2) is 6.04 Å². The van der Waals surface area contributed by atoms with Crippen LogP contribution in [-0.2, 0) is 0 Å². The molecule has 0 spiro atoms. The van der Waals surface area contributed by atoms with E-state index in [1.165, 1.54) is 44.7 Å². The van der Waals surface area contributed by atoms with Crippen molar-refractivity contribution >= 4 is 16.7 Å². The van der Waals surface area contributed by atoms with E-state index < -0.39 is 0 Å². The standard InChI is InChI=1S/C51H43N/c1-2-13-36-32(11-1)12-9-18-37(36)33-22-24-34(25-23-33)49-41-16-5-6-17-42(41)51(46-27-26-35(31-47(46)49)48-21-7-8-30-52-48)45-29-28-44-39-15-4-3-14-38(39)40-19-10-20-43(45)50(40)44/h1-27,30-32,36,38-39,44,46-48,50,52H,28-29H2. The first-order chi connectivity index (χ1) is 25.8. The van der Waals surface area contributed by atoms with E-state index in [4.69, 9.17) is 0 Å². The van der Waals surface area contributed by atoms with Crippen LogP contribution in [0.5, 0.6) is 0 Å². The third-order valence-corrected chi connectivity index (χ3v) is 13.4. The first-order valence-corrected chi connectivity index (χ1v) is 19.5. The predicted octanol–water partition coefficient (Wildman–Crippen LogP) is 9.32. The second kappa shape index (κ2) is 12.1. The fourth-order valence-electron chi connectivity index (χ4n) is 11.2. The highest BCUT2D eigenvalue weighted by Gasteiger charge is 2.49. The molecule has 9 atom stereocenters. The van der Waals surface area contributed by atoms with Gasteiger partial charge >= 0.3 is 0 Å². The maximum atomic E-state index is 3.62. The average Bonchev–Trinajstić information content (AvgIpc) is 3.55. The van der Waals surface area contributed by atoms with Gasteiger partial charge in [0.2, 0.25) is 0 Å². The molecule has 2 aromatic rings. The lowest BCUT2D eigenvalue weighted by Gasteiger charge is -2.40. The van der Waals surface area contributed by atoms with E-state index in [0.717, 1.165) is 6.42 Å². The molecule has 0 amide bonds. The van der Waals surface area contributed by atoms with Crippen molar-refractivity contribution in [3.63, 3.8) is 0 Å². The van der Waals surface area contributed by atoms with Crippen LogP contribution >= 0.6 is 0 Å². The van der Waals surface area contributed by atoms with Gasteiger partial charge in [0, 0.05) is 35.5 Å². The Morgan fingerprint density at radius 2 is 1.35 bits per heavy atom. The van der Waals surface area contributed by atoms with Gasteiger partial charge in [0.15, 0.2) is 0 Å². The predicted molar refractivity (Wildman–Crippen MR) is 216 cm³/mol. The molecule has 0 saturated heterocycles. The maximum Gasteiger partial charge on any atom is 0.0692 e. The molecule has 11 rings (SSSR count). The highest BCUT2D eigenvalue weighted by molar-refractivity contribution is 5.83. The molecule has 52 heavy (non-hydrogen) atoms. The van der Waals surface area contributed by atoms with Crippen LogP contribution in [0.1, 0.15) is 24.0 Å². The molecule has 1 saturated carbocycles. The second-order valence-corrected chi connectivity index (χ2v) is 15.8. The largest absolute Gasteiger partial charge is 0.381 e. The highest BCUT2D eigenvalue weighted by Crippen LogP contribution is 2.59. The zero-order valence-electron chi connectivity index (χ0n) is 29.4. The van der Waals surface area contributed by atoms with Crippen LogP contribution in [0.15, 0.2) is 199 Å². The maximum absolute atomic E-state index is 3.62.